The predicted molar refractivity (Wildman–Crippen MR) is 51.7 cm³/mol. The molecule has 0 saturated carbocycles. The van der Waals surface area contributed by atoms with Crippen molar-refractivity contribution in [3.05, 3.63) is 21.9 Å². The van der Waals surface area contributed by atoms with Crippen molar-refractivity contribution in [2.75, 3.05) is 0 Å². The highest BCUT2D eigenvalue weighted by molar-refractivity contribution is 7.12. The number of nitrogens with two attached hydrogens (primary N) is 1. The molecule has 0 spiro atoms. The van der Waals surface area contributed by atoms with Gasteiger partial charge in [-0.3, -0.25) is 4.79 Å². The SMILES string of the molecule is CCc1ccsc1C(=O)C(C)N. The molecule has 0 amide bonds. The third-order valence-electron chi connectivity index (χ3n) is 1.77. The highest BCUT2D eigenvalue weighted by atomic mass is 32.1. The lowest BCUT2D eigenvalue weighted by Crippen LogP contribution is -2.26. The van der Waals surface area contributed by atoms with Gasteiger partial charge in [-0.25, -0.2) is 0 Å². The van der Waals surface area contributed by atoms with Gasteiger partial charge >= 0.3 is 0 Å². The Labute approximate surface area is 76.4 Å². The molecular formula is C9H13NOS. The topological polar surface area (TPSA) is 43.1 Å². The van der Waals surface area contributed by atoms with Crippen LogP contribution in [0.3, 0.4) is 0 Å². The second-order valence-electron chi connectivity index (χ2n) is 2.78. The maximum absolute atomic E-state index is 11.5. The van der Waals surface area contributed by atoms with Crippen molar-refractivity contribution in [2.24, 2.45) is 5.73 Å². The minimum absolute atomic E-state index is 0.0573. The first-order valence-corrected chi connectivity index (χ1v) is 4.91. The number of rotatable bonds is 3. The smallest absolute Gasteiger partial charge is 0.189 e. The van der Waals surface area contributed by atoms with Gasteiger partial charge in [0.05, 0.1) is 10.9 Å². The molecule has 3 heteroatoms. The Balaban J connectivity index is 2.94. The first kappa shape index (κ1) is 9.42. The third-order valence-corrected chi connectivity index (χ3v) is 2.74. The lowest BCUT2D eigenvalue weighted by molar-refractivity contribution is 0.0971. The van der Waals surface area contributed by atoms with Crippen LogP contribution in [0.4, 0.5) is 0 Å². The molecule has 1 aromatic heterocycles. The zero-order valence-electron chi connectivity index (χ0n) is 7.33. The number of thiophene rings is 1. The molecule has 12 heavy (non-hydrogen) atoms. The summed E-state index contributed by atoms with van der Waals surface area (Å²) in [5.74, 6) is 0.0573. The maximum Gasteiger partial charge on any atom is 0.189 e. The molecule has 0 bridgehead atoms. The summed E-state index contributed by atoms with van der Waals surface area (Å²) in [4.78, 5) is 12.3. The summed E-state index contributed by atoms with van der Waals surface area (Å²) in [6.07, 6.45) is 0.900. The van der Waals surface area contributed by atoms with E-state index < -0.39 is 0 Å². The van der Waals surface area contributed by atoms with E-state index in [2.05, 4.69) is 0 Å². The van der Waals surface area contributed by atoms with Crippen LogP contribution in [0.5, 0.6) is 0 Å². The first-order valence-electron chi connectivity index (χ1n) is 4.03. The molecule has 2 nitrogen and oxygen atoms in total. The molecule has 1 heterocycles. The molecule has 0 aromatic carbocycles. The molecule has 0 aliphatic heterocycles. The fourth-order valence-corrected chi connectivity index (χ4v) is 2.07. The van der Waals surface area contributed by atoms with Crippen LogP contribution in [0.1, 0.15) is 29.1 Å². The number of Topliss-reactive ketones (excluding diaryl/α,β-unsaturated/α-hetero) is 1. The lowest BCUT2D eigenvalue weighted by atomic mass is 10.1. The molecule has 1 unspecified atom stereocenters. The Morgan fingerprint density at radius 2 is 2.42 bits per heavy atom. The molecule has 0 fully saturated rings. The van der Waals surface area contributed by atoms with Gasteiger partial charge in [-0.1, -0.05) is 6.92 Å². The Morgan fingerprint density at radius 3 is 2.92 bits per heavy atom. The highest BCUT2D eigenvalue weighted by Gasteiger charge is 2.15. The van der Waals surface area contributed by atoms with Gasteiger partial charge in [0.15, 0.2) is 5.78 Å². The second-order valence-corrected chi connectivity index (χ2v) is 3.70. The number of ketones is 1. The predicted octanol–water partition coefficient (Wildman–Crippen LogP) is 1.84. The van der Waals surface area contributed by atoms with Crippen molar-refractivity contribution >= 4 is 17.1 Å². The first-order chi connectivity index (χ1) is 5.66. The summed E-state index contributed by atoms with van der Waals surface area (Å²) in [6.45, 7) is 3.77. The van der Waals surface area contributed by atoms with E-state index in [1.807, 2.05) is 18.4 Å². The summed E-state index contributed by atoms with van der Waals surface area (Å²) in [5, 5.41) is 1.94. The van der Waals surface area contributed by atoms with E-state index in [9.17, 15) is 4.79 Å². The lowest BCUT2D eigenvalue weighted by Gasteiger charge is -2.03. The standard InChI is InChI=1S/C9H13NOS/c1-3-7-4-5-12-9(7)8(11)6(2)10/h4-6H,3,10H2,1-2H3. The van der Waals surface area contributed by atoms with Crippen molar-refractivity contribution in [3.63, 3.8) is 0 Å². The fraction of sp³-hybridized carbons (Fsp3) is 0.444. The van der Waals surface area contributed by atoms with Crippen LogP contribution in [0.25, 0.3) is 0 Å². The number of aryl methyl sites for hydroxylation is 1. The molecule has 66 valence electrons. The average molecular weight is 183 g/mol. The largest absolute Gasteiger partial charge is 0.321 e. The van der Waals surface area contributed by atoms with Gasteiger partial charge in [-0.05, 0) is 30.4 Å². The van der Waals surface area contributed by atoms with Crippen LogP contribution in [0.15, 0.2) is 11.4 Å². The van der Waals surface area contributed by atoms with E-state index in [1.54, 1.807) is 6.92 Å². The Bertz CT molecular complexity index is 278. The van der Waals surface area contributed by atoms with Gasteiger partial charge in [0.25, 0.3) is 0 Å². The molecular weight excluding hydrogens is 170 g/mol. The average Bonchev–Trinajstić information content (AvgIpc) is 2.49. The van der Waals surface area contributed by atoms with Crippen LogP contribution in [0, 0.1) is 0 Å². The number of hydrogen-bond acceptors (Lipinski definition) is 3. The van der Waals surface area contributed by atoms with Crippen LogP contribution in [-0.4, -0.2) is 11.8 Å². The summed E-state index contributed by atoms with van der Waals surface area (Å²) in [6, 6.07) is 1.61. The van der Waals surface area contributed by atoms with Crippen LogP contribution >= 0.6 is 11.3 Å². The molecule has 0 aliphatic carbocycles. The molecule has 1 aromatic rings. The minimum Gasteiger partial charge on any atom is -0.321 e. The van der Waals surface area contributed by atoms with Crippen molar-refractivity contribution in [1.82, 2.24) is 0 Å². The van der Waals surface area contributed by atoms with Gasteiger partial charge in [0, 0.05) is 0 Å². The number of hydrogen-bond donors (Lipinski definition) is 1. The van der Waals surface area contributed by atoms with Gasteiger partial charge in [0.1, 0.15) is 0 Å². The van der Waals surface area contributed by atoms with E-state index in [4.69, 9.17) is 5.73 Å². The molecule has 1 rings (SSSR count). The third kappa shape index (κ3) is 1.73. The molecule has 1 atom stereocenters. The van der Waals surface area contributed by atoms with Crippen molar-refractivity contribution < 1.29 is 4.79 Å². The molecule has 2 N–H and O–H groups in total. The Kier molecular flexibility index (Phi) is 3.00. The highest BCUT2D eigenvalue weighted by Crippen LogP contribution is 2.18. The van der Waals surface area contributed by atoms with Crippen LogP contribution in [0.2, 0.25) is 0 Å². The quantitative estimate of drug-likeness (QED) is 0.727. The minimum atomic E-state index is -0.381. The van der Waals surface area contributed by atoms with Crippen molar-refractivity contribution in [3.8, 4) is 0 Å². The monoisotopic (exact) mass is 183 g/mol. The zero-order chi connectivity index (χ0) is 9.14. The maximum atomic E-state index is 11.5. The van der Waals surface area contributed by atoms with Crippen LogP contribution < -0.4 is 5.73 Å². The van der Waals surface area contributed by atoms with Gasteiger partial charge in [-0.2, -0.15) is 0 Å². The summed E-state index contributed by atoms with van der Waals surface area (Å²) in [7, 11) is 0. The fourth-order valence-electron chi connectivity index (χ4n) is 1.04. The Morgan fingerprint density at radius 1 is 1.75 bits per heavy atom. The van der Waals surface area contributed by atoms with E-state index >= 15 is 0 Å². The zero-order valence-corrected chi connectivity index (χ0v) is 8.15. The number of carbonyl (C=O) groups excluding carboxylic acids is 1. The molecule has 0 saturated heterocycles. The van der Waals surface area contributed by atoms with Gasteiger partial charge < -0.3 is 5.73 Å². The Hall–Kier alpha value is -0.670. The van der Waals surface area contributed by atoms with Crippen molar-refractivity contribution in [1.29, 1.82) is 0 Å². The molecule has 0 radical (unpaired) electrons. The normalized spacial score (nSPS) is 12.9. The van der Waals surface area contributed by atoms with E-state index in [0.717, 1.165) is 16.9 Å². The summed E-state index contributed by atoms with van der Waals surface area (Å²) < 4.78 is 0. The molecule has 0 aliphatic rings. The van der Waals surface area contributed by atoms with Crippen LogP contribution in [-0.2, 0) is 6.42 Å². The summed E-state index contributed by atoms with van der Waals surface area (Å²) >= 11 is 1.48. The second kappa shape index (κ2) is 3.83. The van der Waals surface area contributed by atoms with E-state index in [0.29, 0.717) is 0 Å². The van der Waals surface area contributed by atoms with Crippen molar-refractivity contribution in [2.45, 2.75) is 26.3 Å². The van der Waals surface area contributed by atoms with E-state index in [-0.39, 0.29) is 11.8 Å². The summed E-state index contributed by atoms with van der Waals surface area (Å²) in [5.41, 5.74) is 6.62. The number of carbonyl (C=O) groups is 1. The van der Waals surface area contributed by atoms with E-state index in [1.165, 1.54) is 11.3 Å². The van der Waals surface area contributed by atoms with Gasteiger partial charge in [0.2, 0.25) is 0 Å². The van der Waals surface area contributed by atoms with Gasteiger partial charge in [-0.15, -0.1) is 11.3 Å².